The highest BCUT2D eigenvalue weighted by molar-refractivity contribution is 7.81. The summed E-state index contributed by atoms with van der Waals surface area (Å²) in [6.07, 6.45) is -7.21. The Morgan fingerprint density at radius 1 is 0.265 bits per heavy atom. The molecule has 0 fully saturated rings. The van der Waals surface area contributed by atoms with Crippen molar-refractivity contribution in [3.05, 3.63) is 0 Å². The maximum Gasteiger partial charge on any atom is 0.326 e. The molecule has 0 unspecified atom stereocenters. The molecule has 0 saturated carbocycles. The summed E-state index contributed by atoms with van der Waals surface area (Å²) in [6, 6.07) is -19.3. The first-order valence-electron chi connectivity index (χ1n) is 29.0. The normalized spacial score (nSPS) is 14.4. The predicted octanol–water partition coefficient (Wildman–Crippen LogP) is -8.81. The van der Waals surface area contributed by atoms with Crippen molar-refractivity contribution in [2.75, 3.05) is 41.1 Å². The first kappa shape index (κ1) is 89.5. The van der Waals surface area contributed by atoms with Crippen molar-refractivity contribution in [1.29, 1.82) is 0 Å². The van der Waals surface area contributed by atoms with Crippen LogP contribution in [-0.4, -0.2) is 263 Å². The highest BCUT2D eigenvalue weighted by Crippen LogP contribution is 2.09. The van der Waals surface area contributed by atoms with Gasteiger partial charge in [-0.3, -0.25) is 67.1 Å². The Hall–Kier alpha value is -8.50. The fourth-order valence-corrected chi connectivity index (χ4v) is 9.41. The van der Waals surface area contributed by atoms with Crippen LogP contribution in [-0.2, 0) is 95.9 Å². The fourth-order valence-electron chi connectivity index (χ4n) is 7.86. The second-order valence-electron chi connectivity index (χ2n) is 20.8. The van der Waals surface area contributed by atoms with E-state index in [0.29, 0.717) is 0 Å². The molecule has 12 atom stereocenters. The number of hydrogen-bond acceptors (Lipinski definition) is 26. The standard InChI is InChI=1S/C52H80N14O26S6/c1-21(67)55-22(47(81)82)2-8-36(70)57-29(16-94)42(76)63-24(49(85)86)4-10-38(72)59-31(18-96)44(78)65-26(51(89)90)6-12-40(74)61-33(20-98)46(80)66-27(52(91)92)7-13-39(73)60-32(19-97)45(79)64-25(50(87)88)5-11-37(71)58-30(17-95)43(77)62-23(48(83)84)3-9-35(69)56-28(15-93)41(75)54-14-34(53)68/h22-33,93-98H,2-20H2,1H3,(H2,53,68)(H,54,75)(H,55,67)(H,56,69)(H,57,70)(H,58,71)(H,59,72)(H,60,73)(H,61,74)(H,62,77)(H,63,76)(H,64,79)(H,65,78)(H,66,80)(H,81,82)(H,83,84)(H,85,86)(H,87,88)(H,89,90)(H,91,92)/t22-,23-,24-,25-,26-,27-,28-,29-,30-,31-,32-,33-/m0/s1. The predicted molar refractivity (Wildman–Crippen MR) is 355 cm³/mol. The molecule has 0 saturated heterocycles. The summed E-state index contributed by atoms with van der Waals surface area (Å²) < 4.78 is 0. The maximum absolute atomic E-state index is 13.2. The van der Waals surface area contributed by atoms with Gasteiger partial charge in [0.15, 0.2) is 0 Å². The lowest BCUT2D eigenvalue weighted by molar-refractivity contribution is -0.143. The lowest BCUT2D eigenvalue weighted by atomic mass is 10.1. The molecule has 0 spiro atoms. The summed E-state index contributed by atoms with van der Waals surface area (Å²) in [5, 5.41) is 86.4. The summed E-state index contributed by atoms with van der Waals surface area (Å²) in [5.41, 5.74) is 4.98. The van der Waals surface area contributed by atoms with E-state index in [1.54, 1.807) is 0 Å². The van der Waals surface area contributed by atoms with Crippen LogP contribution in [0.25, 0.3) is 0 Å². The van der Waals surface area contributed by atoms with Crippen LogP contribution in [0, 0.1) is 0 Å². The van der Waals surface area contributed by atoms with Crippen LogP contribution < -0.4 is 74.9 Å². The largest absolute Gasteiger partial charge is 0.480 e. The molecule has 0 radical (unpaired) electrons. The molecule has 0 aromatic rings. The molecule has 0 aliphatic carbocycles. The van der Waals surface area contributed by atoms with Gasteiger partial charge in [-0.05, 0) is 38.5 Å². The van der Waals surface area contributed by atoms with E-state index in [0.717, 1.165) is 6.92 Å². The minimum atomic E-state index is -1.85. The number of rotatable bonds is 50. The van der Waals surface area contributed by atoms with Crippen molar-refractivity contribution in [3.63, 3.8) is 0 Å². The maximum atomic E-state index is 13.2. The van der Waals surface area contributed by atoms with Crippen LogP contribution in [0.1, 0.15) is 84.0 Å². The summed E-state index contributed by atoms with van der Waals surface area (Å²) in [5.74, 6) is -25.8. The van der Waals surface area contributed by atoms with Gasteiger partial charge >= 0.3 is 35.8 Å². The average Bonchev–Trinajstić information content (AvgIpc) is 0.914. The number of carboxylic acid groups (broad SMARTS) is 6. The van der Waals surface area contributed by atoms with Crippen molar-refractivity contribution < 1.29 is 127 Å². The van der Waals surface area contributed by atoms with Gasteiger partial charge in [-0.15, -0.1) is 0 Å². The third-order valence-electron chi connectivity index (χ3n) is 13.2. The molecule has 98 heavy (non-hydrogen) atoms. The molecule has 0 rings (SSSR count). The van der Waals surface area contributed by atoms with Gasteiger partial charge in [0.1, 0.15) is 72.5 Å². The number of carbonyl (C=O) groups excluding carboxylic acids is 14. The van der Waals surface area contributed by atoms with Gasteiger partial charge in [-0.2, -0.15) is 75.8 Å². The van der Waals surface area contributed by atoms with E-state index < -0.39 is 291 Å². The third-order valence-corrected chi connectivity index (χ3v) is 15.3. The molecule has 21 N–H and O–H groups in total. The molecule has 40 nitrogen and oxygen atoms in total. The Labute approximate surface area is 590 Å². The summed E-state index contributed by atoms with van der Waals surface area (Å²) in [7, 11) is 0. The van der Waals surface area contributed by atoms with E-state index in [9.17, 15) is 127 Å². The second-order valence-corrected chi connectivity index (χ2v) is 23.0. The number of nitrogens with two attached hydrogens (primary N) is 1. The number of thiol groups is 6. The second kappa shape index (κ2) is 47.4. The van der Waals surface area contributed by atoms with Crippen molar-refractivity contribution in [1.82, 2.24) is 69.1 Å². The number of amides is 14. The SMILES string of the molecule is CC(=O)N[C@@H](CCC(=O)N[C@@H](CS)C(=O)N[C@@H](CCC(=O)N[C@@H](CS)C(=O)N[C@@H](CCC(=O)N[C@@H](CS)C(=O)N[C@@H](CCC(=O)N[C@@H](CS)C(=O)N[C@@H](CCC(=O)N[C@@H](CS)C(=O)N[C@@H](CCC(=O)N[C@@H](CS)C(=O)NCC(N)=O)C(=O)O)C(=O)O)C(=O)O)C(=O)O)C(=O)O)C(=O)O. The third kappa shape index (κ3) is 36.2. The van der Waals surface area contributed by atoms with Gasteiger partial charge in [-0.1, -0.05) is 0 Å². The van der Waals surface area contributed by atoms with Crippen LogP contribution in [0.3, 0.4) is 0 Å². The van der Waals surface area contributed by atoms with Crippen LogP contribution in [0.4, 0.5) is 0 Å². The molecule has 14 amide bonds. The van der Waals surface area contributed by atoms with Crippen molar-refractivity contribution in [3.8, 4) is 0 Å². The Morgan fingerprint density at radius 2 is 0.429 bits per heavy atom. The van der Waals surface area contributed by atoms with Gasteiger partial charge < -0.3 is 105 Å². The van der Waals surface area contributed by atoms with Crippen LogP contribution in [0.5, 0.6) is 0 Å². The lowest BCUT2D eigenvalue weighted by Gasteiger charge is -2.23. The molecule has 0 heterocycles. The Balaban J connectivity index is 5.48. The van der Waals surface area contributed by atoms with Gasteiger partial charge in [0.25, 0.3) is 0 Å². The smallest absolute Gasteiger partial charge is 0.326 e. The Morgan fingerprint density at radius 3 is 0.571 bits per heavy atom. The molecule has 0 aromatic carbocycles. The fraction of sp³-hybridized carbons (Fsp3) is 0.615. The molecule has 550 valence electrons. The highest BCUT2D eigenvalue weighted by Gasteiger charge is 2.34. The topological polar surface area (TPSA) is 645 Å². The van der Waals surface area contributed by atoms with E-state index in [1.165, 1.54) is 0 Å². The van der Waals surface area contributed by atoms with Crippen molar-refractivity contribution >= 4 is 194 Å². The van der Waals surface area contributed by atoms with E-state index in [4.69, 9.17) is 5.73 Å². The molecular formula is C52H80N14O26S6. The molecule has 0 aromatic heterocycles. The first-order chi connectivity index (χ1) is 45.9. The van der Waals surface area contributed by atoms with E-state index >= 15 is 0 Å². The van der Waals surface area contributed by atoms with Crippen LogP contribution in [0.2, 0.25) is 0 Å². The number of hydrogen-bond donors (Lipinski definition) is 26. The molecule has 0 bridgehead atoms. The van der Waals surface area contributed by atoms with E-state index in [1.807, 2.05) is 0 Å². The van der Waals surface area contributed by atoms with E-state index in [2.05, 4.69) is 145 Å². The van der Waals surface area contributed by atoms with Crippen molar-refractivity contribution in [2.24, 2.45) is 5.73 Å². The number of carboxylic acids is 6. The summed E-state index contributed by atoms with van der Waals surface area (Å²) in [4.78, 5) is 248. The van der Waals surface area contributed by atoms with Crippen molar-refractivity contribution in [2.45, 2.75) is 156 Å². The van der Waals surface area contributed by atoms with Gasteiger partial charge in [0.05, 0.1) is 6.54 Å². The number of nitrogens with one attached hydrogen (secondary N) is 13. The zero-order valence-electron chi connectivity index (χ0n) is 52.0. The minimum absolute atomic E-state index is 0.224. The number of primary amides is 1. The average molecular weight is 1510 g/mol. The number of carbonyl (C=O) groups is 20. The van der Waals surface area contributed by atoms with E-state index in [-0.39, 0.29) is 17.9 Å². The zero-order chi connectivity index (χ0) is 75.1. The monoisotopic (exact) mass is 1510 g/mol. The zero-order valence-corrected chi connectivity index (χ0v) is 57.3. The van der Waals surface area contributed by atoms with Gasteiger partial charge in [0, 0.05) is 80.0 Å². The molecule has 0 aliphatic rings. The first-order valence-corrected chi connectivity index (χ1v) is 32.8. The Bertz CT molecular complexity index is 2920. The summed E-state index contributed by atoms with van der Waals surface area (Å²) >= 11 is 23.9. The molecular weight excluding hydrogens is 1430 g/mol. The quantitative estimate of drug-likeness (QED) is 0.0252. The van der Waals surface area contributed by atoms with Gasteiger partial charge in [0.2, 0.25) is 82.7 Å². The highest BCUT2D eigenvalue weighted by atomic mass is 32.1. The minimum Gasteiger partial charge on any atom is -0.480 e. The Kier molecular flexibility index (Phi) is 43.3. The van der Waals surface area contributed by atoms with Crippen LogP contribution >= 0.6 is 75.8 Å². The number of aliphatic carboxylic acids is 6. The molecule has 0 aliphatic heterocycles. The lowest BCUT2D eigenvalue weighted by Crippen LogP contribution is -2.54. The molecule has 46 heteroatoms. The van der Waals surface area contributed by atoms with Gasteiger partial charge in [-0.25, -0.2) is 28.8 Å². The van der Waals surface area contributed by atoms with Crippen LogP contribution in [0.15, 0.2) is 0 Å². The summed E-state index contributed by atoms with van der Waals surface area (Å²) in [6.45, 7) is 0.520.